The van der Waals surface area contributed by atoms with Crippen LogP contribution >= 0.6 is 0 Å². The first kappa shape index (κ1) is 13.6. The Hall–Kier alpha value is -1.82. The summed E-state index contributed by atoms with van der Waals surface area (Å²) in [6, 6.07) is 1.71. The minimum absolute atomic E-state index is 0.350. The van der Waals surface area contributed by atoms with Crippen molar-refractivity contribution >= 4 is 17.5 Å². The summed E-state index contributed by atoms with van der Waals surface area (Å²) in [6.07, 6.45) is 2.60. The molecule has 0 radical (unpaired) electrons. The van der Waals surface area contributed by atoms with Crippen molar-refractivity contribution in [3.8, 4) is 0 Å². The Morgan fingerprint density at radius 3 is 2.89 bits per heavy atom. The minimum Gasteiger partial charge on any atom is -0.465 e. The van der Waals surface area contributed by atoms with Crippen molar-refractivity contribution in [1.82, 2.24) is 9.88 Å². The van der Waals surface area contributed by atoms with Crippen LogP contribution in [-0.2, 0) is 4.74 Å². The molecular weight excluding hydrogens is 244 g/mol. The second-order valence-corrected chi connectivity index (χ2v) is 4.77. The molecular formula is C13H20N4O2. The molecule has 6 heteroatoms. The second-order valence-electron chi connectivity index (χ2n) is 4.77. The fourth-order valence-electron chi connectivity index (χ4n) is 2.19. The van der Waals surface area contributed by atoms with Gasteiger partial charge in [-0.2, -0.15) is 0 Å². The van der Waals surface area contributed by atoms with Crippen molar-refractivity contribution in [2.45, 2.75) is 6.42 Å². The first-order valence-electron chi connectivity index (χ1n) is 6.39. The molecule has 1 fully saturated rings. The quantitative estimate of drug-likeness (QED) is 0.788. The van der Waals surface area contributed by atoms with Gasteiger partial charge in [0.1, 0.15) is 5.82 Å². The van der Waals surface area contributed by atoms with Crippen molar-refractivity contribution in [3.63, 3.8) is 0 Å². The van der Waals surface area contributed by atoms with Crippen molar-refractivity contribution < 1.29 is 9.53 Å². The van der Waals surface area contributed by atoms with Gasteiger partial charge in [0.15, 0.2) is 0 Å². The normalized spacial score (nSPS) is 17.1. The lowest BCUT2D eigenvalue weighted by molar-refractivity contribution is 0.0602. The molecule has 2 N–H and O–H groups in total. The molecule has 0 saturated carbocycles. The number of nitrogen functional groups attached to an aromatic ring is 1. The van der Waals surface area contributed by atoms with E-state index in [9.17, 15) is 4.79 Å². The molecule has 2 heterocycles. The third kappa shape index (κ3) is 3.14. The highest BCUT2D eigenvalue weighted by atomic mass is 16.5. The molecule has 2 rings (SSSR count). The van der Waals surface area contributed by atoms with E-state index in [0.29, 0.717) is 11.3 Å². The van der Waals surface area contributed by atoms with E-state index in [1.807, 2.05) is 0 Å². The van der Waals surface area contributed by atoms with Gasteiger partial charge in [0.2, 0.25) is 0 Å². The van der Waals surface area contributed by atoms with Crippen LogP contribution < -0.4 is 10.6 Å². The van der Waals surface area contributed by atoms with Crippen LogP contribution in [0.1, 0.15) is 16.8 Å². The lowest BCUT2D eigenvalue weighted by Gasteiger charge is -2.22. The monoisotopic (exact) mass is 264 g/mol. The van der Waals surface area contributed by atoms with Gasteiger partial charge in [-0.05, 0) is 26.1 Å². The molecule has 0 atom stereocenters. The summed E-state index contributed by atoms with van der Waals surface area (Å²) < 4.78 is 4.73. The summed E-state index contributed by atoms with van der Waals surface area (Å²) in [5.41, 5.74) is 6.49. The molecule has 0 spiro atoms. The minimum atomic E-state index is -0.423. The lowest BCUT2D eigenvalue weighted by atomic mass is 10.2. The molecule has 0 amide bonds. The van der Waals surface area contributed by atoms with E-state index in [4.69, 9.17) is 10.5 Å². The van der Waals surface area contributed by atoms with Gasteiger partial charge < -0.3 is 20.3 Å². The Labute approximate surface area is 113 Å². The summed E-state index contributed by atoms with van der Waals surface area (Å²) >= 11 is 0. The third-order valence-electron chi connectivity index (χ3n) is 3.37. The molecule has 1 aliphatic rings. The summed E-state index contributed by atoms with van der Waals surface area (Å²) in [6.45, 7) is 3.89. The highest BCUT2D eigenvalue weighted by Crippen LogP contribution is 2.20. The van der Waals surface area contributed by atoms with Gasteiger partial charge >= 0.3 is 5.97 Å². The van der Waals surface area contributed by atoms with Crippen molar-refractivity contribution in [3.05, 3.63) is 17.8 Å². The molecule has 0 unspecified atom stereocenters. The Kier molecular flexibility index (Phi) is 4.21. The predicted molar refractivity (Wildman–Crippen MR) is 74.3 cm³/mol. The van der Waals surface area contributed by atoms with Gasteiger partial charge in [-0.25, -0.2) is 9.78 Å². The number of likely N-dealkylation sites (N-methyl/N-ethyl adjacent to an activating group) is 1. The molecule has 1 aliphatic heterocycles. The van der Waals surface area contributed by atoms with Crippen LogP contribution in [0.15, 0.2) is 12.3 Å². The standard InChI is InChI=1S/C13H20N4O2/c1-16-4-3-5-17(7-6-16)12-8-10(13(18)19-2)11(14)9-15-12/h8-9H,3-7,14H2,1-2H3. The summed E-state index contributed by atoms with van der Waals surface area (Å²) in [7, 11) is 3.46. The van der Waals surface area contributed by atoms with E-state index in [-0.39, 0.29) is 0 Å². The van der Waals surface area contributed by atoms with Gasteiger partial charge in [-0.1, -0.05) is 0 Å². The van der Waals surface area contributed by atoms with Gasteiger partial charge in [0.05, 0.1) is 24.6 Å². The number of esters is 1. The number of carbonyl (C=O) groups is 1. The number of ether oxygens (including phenoxy) is 1. The van der Waals surface area contributed by atoms with E-state index in [1.54, 1.807) is 6.07 Å². The van der Waals surface area contributed by atoms with Crippen LogP contribution in [0.25, 0.3) is 0 Å². The molecule has 0 aliphatic carbocycles. The van der Waals surface area contributed by atoms with E-state index in [1.165, 1.54) is 13.3 Å². The first-order chi connectivity index (χ1) is 9.11. The molecule has 0 aromatic carbocycles. The van der Waals surface area contributed by atoms with Gasteiger partial charge in [-0.15, -0.1) is 0 Å². The lowest BCUT2D eigenvalue weighted by Crippen LogP contribution is -2.29. The van der Waals surface area contributed by atoms with Gasteiger partial charge in [-0.3, -0.25) is 0 Å². The van der Waals surface area contributed by atoms with Crippen LogP contribution in [0.4, 0.5) is 11.5 Å². The SMILES string of the molecule is COC(=O)c1cc(N2CCCN(C)CC2)ncc1N. The molecule has 0 bridgehead atoms. The highest BCUT2D eigenvalue weighted by Gasteiger charge is 2.17. The first-order valence-corrected chi connectivity index (χ1v) is 6.39. The predicted octanol–water partition coefficient (Wildman–Crippen LogP) is 0.592. The molecule has 1 saturated heterocycles. The number of carbonyl (C=O) groups excluding carboxylic acids is 1. The Morgan fingerprint density at radius 1 is 1.37 bits per heavy atom. The summed E-state index contributed by atoms with van der Waals surface area (Å²) in [4.78, 5) is 20.4. The van der Waals surface area contributed by atoms with Crippen molar-refractivity contribution in [2.24, 2.45) is 0 Å². The largest absolute Gasteiger partial charge is 0.465 e. The maximum absolute atomic E-state index is 11.6. The van der Waals surface area contributed by atoms with Crippen molar-refractivity contribution in [2.75, 3.05) is 51.0 Å². The fraction of sp³-hybridized carbons (Fsp3) is 0.538. The third-order valence-corrected chi connectivity index (χ3v) is 3.37. The van der Waals surface area contributed by atoms with E-state index < -0.39 is 5.97 Å². The highest BCUT2D eigenvalue weighted by molar-refractivity contribution is 5.95. The molecule has 6 nitrogen and oxygen atoms in total. The number of hydrogen-bond donors (Lipinski definition) is 1. The smallest absolute Gasteiger partial charge is 0.340 e. The zero-order valence-electron chi connectivity index (χ0n) is 11.4. The number of hydrogen-bond acceptors (Lipinski definition) is 6. The zero-order valence-corrected chi connectivity index (χ0v) is 11.4. The maximum atomic E-state index is 11.6. The molecule has 104 valence electrons. The number of aromatic nitrogens is 1. The van der Waals surface area contributed by atoms with Crippen LogP contribution in [0, 0.1) is 0 Å². The topological polar surface area (TPSA) is 71.7 Å². The van der Waals surface area contributed by atoms with Gasteiger partial charge in [0.25, 0.3) is 0 Å². The van der Waals surface area contributed by atoms with Crippen LogP contribution in [0.5, 0.6) is 0 Å². The van der Waals surface area contributed by atoms with Gasteiger partial charge in [0, 0.05) is 19.6 Å². The number of anilines is 2. The number of rotatable bonds is 2. The van der Waals surface area contributed by atoms with E-state index in [2.05, 4.69) is 21.8 Å². The summed E-state index contributed by atoms with van der Waals surface area (Å²) in [5.74, 6) is 0.359. The van der Waals surface area contributed by atoms with Crippen LogP contribution in [-0.4, -0.2) is 56.2 Å². The van der Waals surface area contributed by atoms with Crippen LogP contribution in [0.2, 0.25) is 0 Å². The zero-order chi connectivity index (χ0) is 13.8. The summed E-state index contributed by atoms with van der Waals surface area (Å²) in [5, 5.41) is 0. The number of pyridine rings is 1. The molecule has 1 aromatic heterocycles. The van der Waals surface area contributed by atoms with Crippen LogP contribution in [0.3, 0.4) is 0 Å². The Bertz CT molecular complexity index is 464. The molecule has 1 aromatic rings. The number of methoxy groups -OCH3 is 1. The number of nitrogens with zero attached hydrogens (tertiary/aromatic N) is 3. The molecule has 19 heavy (non-hydrogen) atoms. The maximum Gasteiger partial charge on any atom is 0.340 e. The van der Waals surface area contributed by atoms with Crippen molar-refractivity contribution in [1.29, 1.82) is 0 Å². The fourth-order valence-corrected chi connectivity index (χ4v) is 2.19. The Morgan fingerprint density at radius 2 is 2.16 bits per heavy atom. The average Bonchev–Trinajstić information content (AvgIpc) is 2.63. The average molecular weight is 264 g/mol. The number of nitrogens with two attached hydrogens (primary N) is 1. The second kappa shape index (κ2) is 5.88. The Balaban J connectivity index is 2.22. The van der Waals surface area contributed by atoms with E-state index in [0.717, 1.165) is 38.4 Å². The van der Waals surface area contributed by atoms with E-state index >= 15 is 0 Å².